The van der Waals surface area contributed by atoms with Crippen LogP contribution in [0.1, 0.15) is 136 Å². The van der Waals surface area contributed by atoms with Crippen molar-refractivity contribution in [1.82, 2.24) is 0 Å². The molecule has 114 heavy (non-hydrogen) atoms. The van der Waals surface area contributed by atoms with E-state index in [1.54, 1.807) is 32.6 Å². The molecule has 36 nitrogen and oxygen atoms in total. The van der Waals surface area contributed by atoms with Gasteiger partial charge >= 0.3 is 22.8 Å². The number of aryl methyl sites for hydroxylation is 1. The molecule has 7 aliphatic carbocycles. The van der Waals surface area contributed by atoms with Crippen LogP contribution in [0.3, 0.4) is 0 Å². The molecule has 0 aromatic heterocycles. The number of hydrogen-bond acceptors (Lipinski definition) is 18. The third kappa shape index (κ3) is 49.1. The Morgan fingerprint density at radius 3 is 1.09 bits per heavy atom. The van der Waals surface area contributed by atoms with Gasteiger partial charge in [-0.2, -0.15) is 8.42 Å². The van der Waals surface area contributed by atoms with Crippen molar-refractivity contribution >= 4 is 192 Å². The van der Waals surface area contributed by atoms with Crippen molar-refractivity contribution in [3.8, 4) is 0 Å². The maximum atomic E-state index is 12.4. The minimum atomic E-state index is -4.04. The second kappa shape index (κ2) is 62.8. The van der Waals surface area contributed by atoms with Gasteiger partial charge in [0.1, 0.15) is 0 Å². The van der Waals surface area contributed by atoms with Gasteiger partial charge in [0.2, 0.25) is 0 Å². The molecule has 5 N–H and O–H groups in total. The predicted molar refractivity (Wildman–Crippen MR) is 497 cm³/mol. The molecule has 22 unspecified atom stereocenters. The van der Waals surface area contributed by atoms with Gasteiger partial charge in [-0.1, -0.05) is 162 Å². The number of rotatable bonds is 29. The van der Waals surface area contributed by atoms with Gasteiger partial charge in [0.05, 0.1) is 104 Å². The van der Waals surface area contributed by atoms with E-state index in [4.69, 9.17) is 136 Å². The topological polar surface area (TPSA) is 582 Å². The van der Waals surface area contributed by atoms with Crippen molar-refractivity contribution in [1.29, 1.82) is 0 Å². The Morgan fingerprint density at radius 1 is 0.482 bits per heavy atom. The van der Waals surface area contributed by atoms with E-state index < -0.39 is 40.3 Å². The van der Waals surface area contributed by atoms with Crippen LogP contribution in [-0.2, 0) is 46.1 Å². The summed E-state index contributed by atoms with van der Waals surface area (Å²) >= 11 is 10.8. The molecule has 7 aliphatic rings. The van der Waals surface area contributed by atoms with E-state index in [1.165, 1.54) is 12.1 Å². The number of aliphatic hydroxyl groups excluding tert-OH is 1. The average Bonchev–Trinajstić information content (AvgIpc) is 1.44. The van der Waals surface area contributed by atoms with Crippen molar-refractivity contribution in [2.24, 2.45) is 77.2 Å². The molecule has 0 bridgehead atoms. The Hall–Kier alpha value is -1.26. The lowest BCUT2D eigenvalue weighted by molar-refractivity contribution is 0.215. The number of azide groups is 7. The molecule has 0 aliphatic heterocycles. The van der Waals surface area contributed by atoms with Gasteiger partial charge in [0, 0.05) is 175 Å². The maximum Gasteiger partial charge on any atom is 0.330 e. The summed E-state index contributed by atoms with van der Waals surface area (Å²) in [4.78, 5) is 54.5. The van der Waals surface area contributed by atoms with Gasteiger partial charge in [-0.3, -0.25) is 22.4 Å². The molecule has 0 spiro atoms. The molecule has 1 aromatic carbocycles. The molecule has 7 saturated carbocycles. The van der Waals surface area contributed by atoms with Crippen LogP contribution < -0.4 is 0 Å². The van der Waals surface area contributed by atoms with E-state index in [0.717, 1.165) is 48.5 Å². The highest BCUT2D eigenvalue weighted by molar-refractivity contribution is 15.0. The van der Waals surface area contributed by atoms with Crippen LogP contribution >= 0.6 is 127 Å². The molecule has 7 fully saturated rings. The molecule has 53 heteroatoms. The molecule has 0 amide bonds. The normalized spacial score (nSPS) is 29.3. The van der Waals surface area contributed by atoms with Crippen molar-refractivity contribution in [3.63, 3.8) is 0 Å². The summed E-state index contributed by atoms with van der Waals surface area (Å²) in [6.45, 7) is 17.6. The van der Waals surface area contributed by atoms with E-state index in [0.29, 0.717) is 89.5 Å². The molecule has 8 rings (SSSR count). The quantitative estimate of drug-likeness (QED) is 0.00573. The summed E-state index contributed by atoms with van der Waals surface area (Å²) in [6, 6.07) is 5.34. The second-order valence-electron chi connectivity index (χ2n) is 28.6. The van der Waals surface area contributed by atoms with E-state index in [9.17, 15) is 26.7 Å². The highest BCUT2D eigenvalue weighted by Crippen LogP contribution is 2.54. The first-order valence-corrected chi connectivity index (χ1v) is 59.5. The summed E-state index contributed by atoms with van der Waals surface area (Å²) in [6.07, 6.45) is 11.1. The summed E-state index contributed by atoms with van der Waals surface area (Å²) in [5.41, 5.74) is 59.5. The van der Waals surface area contributed by atoms with Gasteiger partial charge in [0.15, 0.2) is 7.37 Å². The standard InChI is InChI=1S/C13H16BN3O3S.C11H21BN3O2P.C10H19BN3O3P.C7H13BN3O3P.C6H9BIN3.C6H11BN3O3P.C6H10BN3O.C2H4.2I2/c1-9-2-4-12(5-3-9)21(18,19)20-8-10-6-11(14)7-13(10)16-17-15;1-8(2)17-18(3,16)5-4-9-6-10(12)7-11(9)14-15-13;1-3-16-18(15,17-4-2)7-8-5-9(11)6-10(8)13-14-12;8-6-3-5(1-2-15(12,13)14)7(4-6)10-11-9;7-5-1-4(3-8)6(2-5)10-11-9;7-5-1-4(3-14(11,12)13)6(2-5)9-10-8;7-5-1-4(3-11)6(2-5)9-10-8;3*1-2/h2-5,10-11,13H,6-8H2,1H3;8-11H,4-7H2,1-3H3;8-10H,3-7H2,1-2H3;5-7H,1-4H2,(H2,12,13,14);4-6H,1-3H2;4-6H,1-3H2,(H2,11,12,13);4-6,11H,1-3H2;1-2H2;;. The first kappa shape index (κ1) is 115. The Kier molecular flexibility index (Phi) is 63.2. The summed E-state index contributed by atoms with van der Waals surface area (Å²) in [7, 11) is 22.8. The first-order valence-electron chi connectivity index (χ1n) is 36.4. The molecule has 0 saturated heterocycles. The van der Waals surface area contributed by atoms with Crippen molar-refractivity contribution in [3.05, 3.63) is 116 Å². The molecule has 1 aromatic rings. The third-order valence-electron chi connectivity index (χ3n) is 19.1. The van der Waals surface area contributed by atoms with Crippen molar-refractivity contribution < 1.29 is 69.1 Å². The molecule has 0 heterocycles. The van der Waals surface area contributed by atoms with Crippen molar-refractivity contribution in [2.45, 2.75) is 231 Å². The molecule has 14 radical (unpaired) electrons. The molecular weight excluding hydrogens is 2130 g/mol. The molecule has 22 atom stereocenters. The predicted octanol–water partition coefficient (Wildman–Crippen LogP) is 20.4. The molecular formula is C61H103B7I5N21O15P4S. The van der Waals surface area contributed by atoms with Crippen molar-refractivity contribution in [2.75, 3.05) is 62.2 Å². The van der Waals surface area contributed by atoms with Gasteiger partial charge in [0.25, 0.3) is 10.1 Å². The van der Waals surface area contributed by atoms with Gasteiger partial charge in [-0.05, 0) is 185 Å². The van der Waals surface area contributed by atoms with Gasteiger partial charge in [-0.25, -0.2) is 0 Å². The summed E-state index contributed by atoms with van der Waals surface area (Å²) < 4.78 is 92.3. The number of nitrogens with zero attached hydrogens (tertiary/aromatic N) is 21. The van der Waals surface area contributed by atoms with Crippen LogP contribution in [0.4, 0.5) is 0 Å². The highest BCUT2D eigenvalue weighted by atomic mass is 128. The summed E-state index contributed by atoms with van der Waals surface area (Å²) in [5, 5.41) is 34.4. The average molecular weight is 2240 g/mol. The van der Waals surface area contributed by atoms with Gasteiger partial charge in [-0.15, -0.1) is 13.2 Å². The maximum absolute atomic E-state index is 12.4. The largest absolute Gasteiger partial charge is 0.396 e. The van der Waals surface area contributed by atoms with Crippen LogP contribution in [0.5, 0.6) is 0 Å². The lowest BCUT2D eigenvalue weighted by Crippen LogP contribution is -2.20. The number of alkyl halides is 1. The summed E-state index contributed by atoms with van der Waals surface area (Å²) in [5.74, 6) is 0.493. The molecule has 624 valence electrons. The second-order valence-corrected chi connectivity index (χ2v) is 39.3. The van der Waals surface area contributed by atoms with Crippen LogP contribution in [0, 0.1) is 48.3 Å². The number of halogens is 5. The number of hydrogen-bond donors (Lipinski definition) is 5. The minimum Gasteiger partial charge on any atom is -0.396 e. The van der Waals surface area contributed by atoms with Crippen LogP contribution in [0.25, 0.3) is 73.1 Å². The number of aliphatic hydroxyl groups is 1. The lowest BCUT2D eigenvalue weighted by Gasteiger charge is -2.22. The lowest BCUT2D eigenvalue weighted by atomic mass is 9.85. The Morgan fingerprint density at radius 2 is 0.772 bits per heavy atom. The first-order chi connectivity index (χ1) is 53.7. The van der Waals surface area contributed by atoms with E-state index in [-0.39, 0.29) is 161 Å². The fourth-order valence-corrected chi connectivity index (χ4v) is 21.7. The minimum absolute atomic E-state index is 0.00326. The SMILES string of the molecule is C=C.II.II.[B]C1CC(CCP(=O)(O)O)C(N=[N+]=[N-])C1.[B]C1CC(CCP(C)(=O)OC(C)C)C(N=[N+]=[N-])C1.[B]C1CC(CI)C(N=[N+]=[N-])C1.[B]C1CC(CO)C(N=[N+]=[N-])C1.[B]C1CC(COS(=O)(=O)c2ccc(C)cc2)C(N=[N+]=[N-])C1.[B]C1CC(CP(=O)(O)O)C(N=[N+]=[N-])C1.[B]C1CC(CP(=O)(OCC)OCC)C(N=[N+]=[N-])C1. The van der Waals surface area contributed by atoms with E-state index in [2.05, 4.69) is 180 Å². The monoisotopic (exact) mass is 2240 g/mol. The van der Waals surface area contributed by atoms with Crippen LogP contribution in [0.2, 0.25) is 40.7 Å². The van der Waals surface area contributed by atoms with Gasteiger partial charge < -0.3 is 38.3 Å². The zero-order valence-corrected chi connectivity index (χ0v) is 80.1. The highest BCUT2D eigenvalue weighted by Gasteiger charge is 2.40. The van der Waals surface area contributed by atoms with Crippen LogP contribution in [-0.4, -0.2) is 199 Å². The fourth-order valence-electron chi connectivity index (χ4n) is 14.3. The fraction of sp³-hybridized carbons (Fsp3) is 0.869. The zero-order chi connectivity index (χ0) is 87.6. The smallest absolute Gasteiger partial charge is 0.330 e. The van der Waals surface area contributed by atoms with Crippen LogP contribution in [0.15, 0.2) is 78.1 Å². The van der Waals surface area contributed by atoms with E-state index in [1.807, 2.05) is 20.8 Å². The Labute approximate surface area is 740 Å². The Bertz CT molecular complexity index is 3600. The number of benzene rings is 1. The van der Waals surface area contributed by atoms with E-state index >= 15 is 0 Å². The third-order valence-corrected chi connectivity index (χ3v) is 27.5. The Balaban J connectivity index is 0. The zero-order valence-electron chi connectivity index (χ0n) is 64.9.